The van der Waals surface area contributed by atoms with Crippen LogP contribution in [0.15, 0.2) is 64.4 Å². The van der Waals surface area contributed by atoms with E-state index in [2.05, 4.69) is 20.6 Å². The maximum Gasteiger partial charge on any atom is 0.251 e. The van der Waals surface area contributed by atoms with Gasteiger partial charge in [-0.3, -0.25) is 9.59 Å². The molecule has 0 aliphatic carbocycles. The summed E-state index contributed by atoms with van der Waals surface area (Å²) in [6.07, 6.45) is 5.03. The van der Waals surface area contributed by atoms with Crippen LogP contribution in [0.1, 0.15) is 24.2 Å². The lowest BCUT2D eigenvalue weighted by Gasteiger charge is -2.12. The minimum Gasteiger partial charge on any atom is -0.497 e. The molecule has 9 heteroatoms. The van der Waals surface area contributed by atoms with Crippen molar-refractivity contribution in [2.24, 2.45) is 0 Å². The monoisotopic (exact) mass is 463 g/mol. The Balaban J connectivity index is 1.95. The number of benzene rings is 1. The van der Waals surface area contributed by atoms with Gasteiger partial charge in [-0.25, -0.2) is 4.98 Å². The molecule has 0 saturated heterocycles. The molecule has 0 saturated carbocycles. The second kappa shape index (κ2) is 11.2. The number of fused-ring (bicyclic) bond motifs is 1. The van der Waals surface area contributed by atoms with E-state index in [-0.39, 0.29) is 11.8 Å². The number of methoxy groups -OCH3 is 1. The predicted molar refractivity (Wildman–Crippen MR) is 131 cm³/mol. The van der Waals surface area contributed by atoms with E-state index >= 15 is 0 Å². The molecule has 3 rings (SSSR count). The van der Waals surface area contributed by atoms with Gasteiger partial charge >= 0.3 is 0 Å². The second-order valence-electron chi connectivity index (χ2n) is 7.88. The molecule has 2 amide bonds. The van der Waals surface area contributed by atoms with E-state index in [9.17, 15) is 9.59 Å². The van der Waals surface area contributed by atoms with Crippen molar-refractivity contribution in [2.45, 2.75) is 13.8 Å². The molecule has 34 heavy (non-hydrogen) atoms. The van der Waals surface area contributed by atoms with E-state index in [1.54, 1.807) is 55.6 Å². The standard InChI is InChI=1S/C25H29N5O4/c1-6-20(33-5)12-16(2)23(31)28-19-14-17(24(32)27-10-11-30(3)4)13-18(15-19)25-29-22-21(34-25)8-7-9-26-22/h6-9,12-15H,10-11H2,1-5H3,(H,27,32)(H,28,31)/b16-12+,20-6+. The minimum atomic E-state index is -0.327. The van der Waals surface area contributed by atoms with Gasteiger partial charge in [-0.15, -0.1) is 0 Å². The van der Waals surface area contributed by atoms with Gasteiger partial charge in [-0.05, 0) is 70.4 Å². The lowest BCUT2D eigenvalue weighted by atomic mass is 10.1. The Labute approximate surface area is 198 Å². The lowest BCUT2D eigenvalue weighted by Crippen LogP contribution is -2.31. The number of nitrogens with zero attached hydrogens (tertiary/aromatic N) is 3. The fourth-order valence-corrected chi connectivity index (χ4v) is 3.11. The molecule has 0 fully saturated rings. The molecule has 2 N–H and O–H groups in total. The van der Waals surface area contributed by atoms with Crippen molar-refractivity contribution in [2.75, 3.05) is 39.6 Å². The molecule has 2 heterocycles. The number of carbonyl (C=O) groups excluding carboxylic acids is 2. The third-order valence-electron chi connectivity index (χ3n) is 4.95. The number of ether oxygens (including phenoxy) is 1. The topological polar surface area (TPSA) is 110 Å². The minimum absolute atomic E-state index is 0.267. The van der Waals surface area contributed by atoms with Crippen LogP contribution < -0.4 is 10.6 Å². The maximum atomic E-state index is 12.8. The first-order chi connectivity index (χ1) is 16.3. The van der Waals surface area contributed by atoms with Crippen molar-refractivity contribution < 1.29 is 18.7 Å². The van der Waals surface area contributed by atoms with Crippen LogP contribution in [-0.2, 0) is 9.53 Å². The van der Waals surface area contributed by atoms with Crippen LogP contribution in [0.2, 0.25) is 0 Å². The molecule has 0 bridgehead atoms. The van der Waals surface area contributed by atoms with Gasteiger partial charge in [0.2, 0.25) is 5.89 Å². The number of pyridine rings is 1. The summed E-state index contributed by atoms with van der Waals surface area (Å²) < 4.78 is 11.0. The van der Waals surface area contributed by atoms with E-state index in [0.717, 1.165) is 0 Å². The van der Waals surface area contributed by atoms with Crippen LogP contribution in [0.3, 0.4) is 0 Å². The normalized spacial score (nSPS) is 12.2. The van der Waals surface area contributed by atoms with Gasteiger partial charge < -0.3 is 24.7 Å². The highest BCUT2D eigenvalue weighted by atomic mass is 16.5. The van der Waals surface area contributed by atoms with Crippen LogP contribution in [0.4, 0.5) is 5.69 Å². The molecule has 0 spiro atoms. The molecule has 0 aliphatic rings. The summed E-state index contributed by atoms with van der Waals surface area (Å²) in [7, 11) is 5.40. The number of aromatic nitrogens is 2. The van der Waals surface area contributed by atoms with Gasteiger partial charge in [0.1, 0.15) is 5.76 Å². The quantitative estimate of drug-likeness (QED) is 0.283. The molecule has 0 unspecified atom stereocenters. The SMILES string of the molecule is C/C=C(\C=C(/C)C(=O)Nc1cc(C(=O)NCCN(C)C)cc(-c2nc3ncccc3o2)c1)OC. The van der Waals surface area contributed by atoms with Gasteiger partial charge in [0, 0.05) is 41.7 Å². The largest absolute Gasteiger partial charge is 0.497 e. The van der Waals surface area contributed by atoms with Crippen LogP contribution in [0.5, 0.6) is 0 Å². The third-order valence-corrected chi connectivity index (χ3v) is 4.95. The van der Waals surface area contributed by atoms with Crippen molar-refractivity contribution in [1.82, 2.24) is 20.2 Å². The number of nitrogens with one attached hydrogen (secondary N) is 2. The van der Waals surface area contributed by atoms with E-state index in [1.165, 1.54) is 7.11 Å². The number of hydrogen-bond donors (Lipinski definition) is 2. The van der Waals surface area contributed by atoms with Crippen molar-refractivity contribution >= 4 is 28.7 Å². The number of anilines is 1. The van der Waals surface area contributed by atoms with Gasteiger partial charge in [0.15, 0.2) is 11.2 Å². The van der Waals surface area contributed by atoms with Gasteiger partial charge in [-0.2, -0.15) is 4.98 Å². The molecule has 3 aromatic rings. The smallest absolute Gasteiger partial charge is 0.251 e. The Morgan fingerprint density at radius 1 is 1.24 bits per heavy atom. The Morgan fingerprint density at radius 3 is 2.71 bits per heavy atom. The number of likely N-dealkylation sites (N-methyl/N-ethyl adjacent to an activating group) is 1. The molecule has 0 radical (unpaired) electrons. The van der Waals surface area contributed by atoms with Gasteiger partial charge in [-0.1, -0.05) is 0 Å². The number of allylic oxidation sites excluding steroid dienone is 2. The van der Waals surface area contributed by atoms with Crippen molar-refractivity contribution in [3.05, 3.63) is 65.6 Å². The van der Waals surface area contributed by atoms with Crippen molar-refractivity contribution in [3.63, 3.8) is 0 Å². The highest BCUT2D eigenvalue weighted by molar-refractivity contribution is 6.05. The van der Waals surface area contributed by atoms with E-state index in [4.69, 9.17) is 9.15 Å². The third kappa shape index (κ3) is 6.29. The van der Waals surface area contributed by atoms with Gasteiger partial charge in [0.05, 0.1) is 7.11 Å². The fourth-order valence-electron chi connectivity index (χ4n) is 3.11. The first kappa shape index (κ1) is 24.7. The summed E-state index contributed by atoms with van der Waals surface area (Å²) in [5.74, 6) is 0.277. The second-order valence-corrected chi connectivity index (χ2v) is 7.88. The van der Waals surface area contributed by atoms with Crippen LogP contribution >= 0.6 is 0 Å². The number of amides is 2. The summed E-state index contributed by atoms with van der Waals surface area (Å²) in [6.45, 7) is 4.68. The van der Waals surface area contributed by atoms with Gasteiger partial charge in [0.25, 0.3) is 11.8 Å². The zero-order valence-electron chi connectivity index (χ0n) is 20.0. The highest BCUT2D eigenvalue weighted by Crippen LogP contribution is 2.27. The summed E-state index contributed by atoms with van der Waals surface area (Å²) in [6, 6.07) is 8.53. The van der Waals surface area contributed by atoms with Crippen molar-refractivity contribution in [1.29, 1.82) is 0 Å². The maximum absolute atomic E-state index is 12.8. The highest BCUT2D eigenvalue weighted by Gasteiger charge is 2.16. The number of hydrogen-bond acceptors (Lipinski definition) is 7. The molecule has 2 aromatic heterocycles. The molecule has 0 aliphatic heterocycles. The Bertz CT molecular complexity index is 1210. The zero-order chi connectivity index (χ0) is 24.7. The van der Waals surface area contributed by atoms with E-state index < -0.39 is 0 Å². The van der Waals surface area contributed by atoms with Crippen molar-refractivity contribution in [3.8, 4) is 11.5 Å². The molecular formula is C25H29N5O4. The number of oxazole rings is 1. The molecule has 0 atom stereocenters. The molecular weight excluding hydrogens is 434 g/mol. The molecule has 178 valence electrons. The first-order valence-electron chi connectivity index (χ1n) is 10.8. The summed E-state index contributed by atoms with van der Waals surface area (Å²) >= 11 is 0. The van der Waals surface area contributed by atoms with Crippen LogP contribution in [0.25, 0.3) is 22.7 Å². The van der Waals surface area contributed by atoms with E-state index in [0.29, 0.717) is 58.4 Å². The van der Waals surface area contributed by atoms with Crippen LogP contribution in [-0.4, -0.2) is 61.0 Å². The van der Waals surface area contributed by atoms with Crippen LogP contribution in [0, 0.1) is 0 Å². The summed E-state index contributed by atoms with van der Waals surface area (Å²) in [5.41, 5.74) is 2.78. The first-order valence-corrected chi connectivity index (χ1v) is 10.8. The lowest BCUT2D eigenvalue weighted by molar-refractivity contribution is -0.112. The number of carbonyl (C=O) groups is 2. The molecule has 9 nitrogen and oxygen atoms in total. The summed E-state index contributed by atoms with van der Waals surface area (Å²) in [5, 5.41) is 5.73. The Hall–Kier alpha value is -3.98. The number of rotatable bonds is 9. The average Bonchev–Trinajstić information content (AvgIpc) is 3.26. The predicted octanol–water partition coefficient (Wildman–Crippen LogP) is 3.62. The van der Waals surface area contributed by atoms with E-state index in [1.807, 2.05) is 25.9 Å². The Kier molecular flexibility index (Phi) is 8.15. The zero-order valence-corrected chi connectivity index (χ0v) is 20.0. The average molecular weight is 464 g/mol. The summed E-state index contributed by atoms with van der Waals surface area (Å²) in [4.78, 5) is 36.2. The fraction of sp³-hybridized carbons (Fsp3) is 0.280. The molecule has 1 aromatic carbocycles. The Morgan fingerprint density at radius 2 is 2.03 bits per heavy atom.